The molecule has 0 heterocycles. The van der Waals surface area contributed by atoms with Crippen molar-refractivity contribution < 1.29 is 5.11 Å². The number of anilines is 2. The van der Waals surface area contributed by atoms with E-state index < -0.39 is 0 Å². The summed E-state index contributed by atoms with van der Waals surface area (Å²) < 4.78 is 0. The number of aromatic hydroxyl groups is 1. The number of hydrogen-bond acceptors (Lipinski definition) is 3. The lowest BCUT2D eigenvalue weighted by Crippen LogP contribution is -2.12. The van der Waals surface area contributed by atoms with Crippen LogP contribution >= 0.6 is 34.8 Å². The number of nitrogens with one attached hydrogen (secondary N) is 1. The van der Waals surface area contributed by atoms with Gasteiger partial charge in [-0.15, -0.1) is 0 Å². The molecule has 0 saturated heterocycles. The Hall–Kier alpha value is -1.29. The summed E-state index contributed by atoms with van der Waals surface area (Å²) in [6, 6.07) is 8.77. The van der Waals surface area contributed by atoms with Gasteiger partial charge in [0.25, 0.3) is 0 Å². The lowest BCUT2D eigenvalue weighted by molar-refractivity contribution is 0.469. The molecule has 2 aromatic rings. The van der Waals surface area contributed by atoms with E-state index in [2.05, 4.69) is 5.32 Å². The number of nitrogens with zero attached hydrogens (tertiary/aromatic N) is 1. The molecule has 0 unspecified atom stereocenters. The van der Waals surface area contributed by atoms with Crippen molar-refractivity contribution in [1.82, 2.24) is 0 Å². The Morgan fingerprint density at radius 3 is 2.43 bits per heavy atom. The molecule has 0 bridgehead atoms. The first-order valence-electron chi connectivity index (χ1n) is 6.26. The number of halogens is 3. The summed E-state index contributed by atoms with van der Waals surface area (Å²) in [5.41, 5.74) is 2.48. The third kappa shape index (κ3) is 3.88. The summed E-state index contributed by atoms with van der Waals surface area (Å²) in [6.07, 6.45) is 0. The van der Waals surface area contributed by atoms with Gasteiger partial charge >= 0.3 is 0 Å². The average Bonchev–Trinajstić information content (AvgIpc) is 2.40. The van der Waals surface area contributed by atoms with Crippen LogP contribution in [0.25, 0.3) is 0 Å². The number of rotatable bonds is 4. The Morgan fingerprint density at radius 1 is 1.05 bits per heavy atom. The summed E-state index contributed by atoms with van der Waals surface area (Å²) in [7, 11) is 3.89. The normalized spacial score (nSPS) is 10.5. The van der Waals surface area contributed by atoms with Crippen molar-refractivity contribution in [3.8, 4) is 5.75 Å². The molecular weight excluding hydrogens is 331 g/mol. The first kappa shape index (κ1) is 16.1. The Labute approximate surface area is 139 Å². The van der Waals surface area contributed by atoms with Crippen LogP contribution in [0.4, 0.5) is 11.4 Å². The highest BCUT2D eigenvalue weighted by atomic mass is 35.5. The topological polar surface area (TPSA) is 35.5 Å². The molecule has 0 aliphatic heterocycles. The Kier molecular flexibility index (Phi) is 5.09. The van der Waals surface area contributed by atoms with Gasteiger partial charge in [0.05, 0.1) is 16.4 Å². The summed E-state index contributed by atoms with van der Waals surface area (Å²) >= 11 is 17.9. The van der Waals surface area contributed by atoms with Crippen LogP contribution in [0.1, 0.15) is 5.56 Å². The highest BCUT2D eigenvalue weighted by Gasteiger charge is 2.10. The molecule has 2 N–H and O–H groups in total. The van der Waals surface area contributed by atoms with Gasteiger partial charge in [0.2, 0.25) is 0 Å². The molecule has 2 aromatic carbocycles. The molecule has 0 amide bonds. The van der Waals surface area contributed by atoms with E-state index in [1.165, 1.54) is 6.07 Å². The van der Waals surface area contributed by atoms with Gasteiger partial charge < -0.3 is 15.3 Å². The second kappa shape index (κ2) is 6.65. The molecule has 2 rings (SSSR count). The van der Waals surface area contributed by atoms with Gasteiger partial charge in [0, 0.05) is 36.2 Å². The number of phenolic OH excluding ortho intramolecular Hbond substituents is 1. The number of hydrogen-bond donors (Lipinski definition) is 2. The third-order valence-electron chi connectivity index (χ3n) is 3.02. The maximum atomic E-state index is 9.97. The highest BCUT2D eigenvalue weighted by molar-refractivity contribution is 6.35. The van der Waals surface area contributed by atoms with E-state index in [1.54, 1.807) is 6.07 Å². The van der Waals surface area contributed by atoms with E-state index >= 15 is 0 Å². The van der Waals surface area contributed by atoms with Crippen LogP contribution in [0.5, 0.6) is 5.75 Å². The highest BCUT2D eigenvalue weighted by Crippen LogP contribution is 2.33. The van der Waals surface area contributed by atoms with Crippen molar-refractivity contribution >= 4 is 46.2 Å². The molecule has 0 aliphatic rings. The second-order valence-corrected chi connectivity index (χ2v) is 6.08. The van der Waals surface area contributed by atoms with Gasteiger partial charge in [0.1, 0.15) is 5.75 Å². The molecular formula is C15H15Cl3N2O. The maximum absolute atomic E-state index is 9.97. The maximum Gasteiger partial charge on any atom is 0.139 e. The predicted molar refractivity (Wildman–Crippen MR) is 91.2 cm³/mol. The van der Waals surface area contributed by atoms with Crippen LogP contribution in [-0.2, 0) is 6.54 Å². The Balaban J connectivity index is 2.26. The lowest BCUT2D eigenvalue weighted by Gasteiger charge is -2.19. The van der Waals surface area contributed by atoms with E-state index in [9.17, 15) is 5.11 Å². The van der Waals surface area contributed by atoms with Gasteiger partial charge in [-0.3, -0.25) is 0 Å². The van der Waals surface area contributed by atoms with Crippen molar-refractivity contribution in [3.05, 3.63) is 51.0 Å². The van der Waals surface area contributed by atoms with Crippen molar-refractivity contribution in [2.45, 2.75) is 6.54 Å². The SMILES string of the molecule is CN(C)c1ccc(Cl)cc1NCc1cc(Cl)cc(Cl)c1O. The summed E-state index contributed by atoms with van der Waals surface area (Å²) in [4.78, 5) is 1.98. The Bertz CT molecular complexity index is 660. The van der Waals surface area contributed by atoms with Gasteiger partial charge in [-0.25, -0.2) is 0 Å². The fourth-order valence-corrected chi connectivity index (χ4v) is 2.69. The largest absolute Gasteiger partial charge is 0.506 e. The van der Waals surface area contributed by atoms with E-state index in [0.717, 1.165) is 11.4 Å². The van der Waals surface area contributed by atoms with Gasteiger partial charge in [-0.05, 0) is 30.3 Å². The van der Waals surface area contributed by atoms with Crippen molar-refractivity contribution in [2.24, 2.45) is 0 Å². The smallest absolute Gasteiger partial charge is 0.139 e. The molecule has 0 spiro atoms. The van der Waals surface area contributed by atoms with E-state index in [4.69, 9.17) is 34.8 Å². The minimum Gasteiger partial charge on any atom is -0.506 e. The van der Waals surface area contributed by atoms with Crippen molar-refractivity contribution in [2.75, 3.05) is 24.3 Å². The Morgan fingerprint density at radius 2 is 1.76 bits per heavy atom. The first-order valence-corrected chi connectivity index (χ1v) is 7.39. The molecule has 0 fully saturated rings. The van der Waals surface area contributed by atoms with Gasteiger partial charge in [-0.1, -0.05) is 34.8 Å². The van der Waals surface area contributed by atoms with E-state index in [0.29, 0.717) is 22.2 Å². The van der Waals surface area contributed by atoms with Crippen molar-refractivity contribution in [1.29, 1.82) is 0 Å². The van der Waals surface area contributed by atoms with Crippen LogP contribution in [0.15, 0.2) is 30.3 Å². The monoisotopic (exact) mass is 344 g/mol. The quantitative estimate of drug-likeness (QED) is 0.815. The fraction of sp³-hybridized carbons (Fsp3) is 0.200. The minimum absolute atomic E-state index is 0.0296. The fourth-order valence-electron chi connectivity index (χ4n) is 1.98. The third-order valence-corrected chi connectivity index (χ3v) is 3.76. The second-order valence-electron chi connectivity index (χ2n) is 4.80. The predicted octanol–water partition coefficient (Wildman–Crippen LogP) is 5.03. The molecule has 21 heavy (non-hydrogen) atoms. The summed E-state index contributed by atoms with van der Waals surface area (Å²) in [5, 5.41) is 14.6. The van der Waals surface area contributed by atoms with Crippen LogP contribution in [0.2, 0.25) is 15.1 Å². The standard InChI is InChI=1S/C15H15Cl3N2O/c1-20(2)14-4-3-10(16)7-13(14)19-8-9-5-11(17)6-12(18)15(9)21/h3-7,19,21H,8H2,1-2H3. The molecule has 0 aliphatic carbocycles. The average molecular weight is 346 g/mol. The van der Waals surface area contributed by atoms with Gasteiger partial charge in [0.15, 0.2) is 0 Å². The van der Waals surface area contributed by atoms with Crippen LogP contribution in [-0.4, -0.2) is 19.2 Å². The van der Waals surface area contributed by atoms with E-state index in [-0.39, 0.29) is 10.8 Å². The zero-order chi connectivity index (χ0) is 15.6. The molecule has 0 radical (unpaired) electrons. The molecule has 3 nitrogen and oxygen atoms in total. The van der Waals surface area contributed by atoms with Crippen molar-refractivity contribution in [3.63, 3.8) is 0 Å². The minimum atomic E-state index is 0.0296. The zero-order valence-electron chi connectivity index (χ0n) is 11.6. The van der Waals surface area contributed by atoms with E-state index in [1.807, 2.05) is 37.2 Å². The summed E-state index contributed by atoms with van der Waals surface area (Å²) in [6.45, 7) is 0.382. The molecule has 0 saturated carbocycles. The van der Waals surface area contributed by atoms with Crippen LogP contribution in [0, 0.1) is 0 Å². The van der Waals surface area contributed by atoms with Crippen LogP contribution in [0.3, 0.4) is 0 Å². The molecule has 112 valence electrons. The van der Waals surface area contributed by atoms with Crippen LogP contribution < -0.4 is 10.2 Å². The lowest BCUT2D eigenvalue weighted by atomic mass is 10.2. The molecule has 0 atom stereocenters. The zero-order valence-corrected chi connectivity index (χ0v) is 13.9. The molecule has 0 aromatic heterocycles. The van der Waals surface area contributed by atoms with Gasteiger partial charge in [-0.2, -0.15) is 0 Å². The number of benzene rings is 2. The number of phenols is 1. The summed E-state index contributed by atoms with van der Waals surface area (Å²) in [5.74, 6) is 0.0296. The first-order chi connectivity index (χ1) is 9.88. The molecule has 6 heteroatoms.